The van der Waals surface area contributed by atoms with E-state index in [2.05, 4.69) is 38.3 Å². The van der Waals surface area contributed by atoms with E-state index in [1.807, 2.05) is 0 Å². The van der Waals surface area contributed by atoms with Crippen molar-refractivity contribution < 1.29 is 0 Å². The molecule has 1 unspecified atom stereocenters. The number of rotatable bonds is 4. The van der Waals surface area contributed by atoms with Crippen LogP contribution in [0.15, 0.2) is 0 Å². The summed E-state index contributed by atoms with van der Waals surface area (Å²) in [6.45, 7) is 10.9. The van der Waals surface area contributed by atoms with Crippen molar-refractivity contribution in [2.45, 2.75) is 33.6 Å². The third-order valence-corrected chi connectivity index (χ3v) is 4.08. The lowest BCUT2D eigenvalue weighted by atomic mass is 9.86. The van der Waals surface area contributed by atoms with E-state index in [0.717, 1.165) is 23.5 Å². The van der Waals surface area contributed by atoms with Gasteiger partial charge in [0, 0.05) is 6.54 Å². The zero-order chi connectivity index (χ0) is 10.6. The van der Waals surface area contributed by atoms with Crippen molar-refractivity contribution in [3.63, 3.8) is 0 Å². The van der Waals surface area contributed by atoms with Crippen LogP contribution < -0.4 is 0 Å². The standard InChI is InChI=1S/C12H25NS/c1-10(2)12-4-6-13(7-5-12)8-11(3)9-14/h10-12,14H,4-9H2,1-3H3. The van der Waals surface area contributed by atoms with Crippen molar-refractivity contribution in [3.8, 4) is 0 Å². The zero-order valence-corrected chi connectivity index (χ0v) is 10.8. The molecule has 84 valence electrons. The second-order valence-electron chi connectivity index (χ2n) is 5.17. The van der Waals surface area contributed by atoms with E-state index in [9.17, 15) is 0 Å². The monoisotopic (exact) mass is 215 g/mol. The number of thiol groups is 1. The highest BCUT2D eigenvalue weighted by Crippen LogP contribution is 2.24. The first kappa shape index (κ1) is 12.4. The van der Waals surface area contributed by atoms with Crippen LogP contribution in [0.1, 0.15) is 33.6 Å². The predicted octanol–water partition coefficient (Wildman–Crippen LogP) is 2.92. The summed E-state index contributed by atoms with van der Waals surface area (Å²) in [7, 11) is 0. The second kappa shape index (κ2) is 6.02. The largest absolute Gasteiger partial charge is 0.303 e. The molecule has 0 radical (unpaired) electrons. The molecule has 2 heteroatoms. The minimum atomic E-state index is 0.744. The van der Waals surface area contributed by atoms with Crippen LogP contribution in [0.5, 0.6) is 0 Å². The topological polar surface area (TPSA) is 3.24 Å². The molecular weight excluding hydrogens is 190 g/mol. The molecule has 0 aromatic carbocycles. The van der Waals surface area contributed by atoms with Gasteiger partial charge in [-0.15, -0.1) is 0 Å². The molecule has 1 heterocycles. The Kier molecular flexibility index (Phi) is 5.32. The molecule has 1 saturated heterocycles. The van der Waals surface area contributed by atoms with Gasteiger partial charge in [-0.05, 0) is 49.4 Å². The van der Waals surface area contributed by atoms with E-state index in [-0.39, 0.29) is 0 Å². The molecule has 1 aliphatic heterocycles. The Bertz CT molecular complexity index is 150. The van der Waals surface area contributed by atoms with Crippen molar-refractivity contribution >= 4 is 12.6 Å². The lowest BCUT2D eigenvalue weighted by molar-refractivity contribution is 0.146. The maximum Gasteiger partial charge on any atom is 0.00148 e. The first-order valence-electron chi connectivity index (χ1n) is 5.96. The lowest BCUT2D eigenvalue weighted by Crippen LogP contribution is -2.38. The molecule has 0 aromatic rings. The molecule has 0 spiro atoms. The molecule has 14 heavy (non-hydrogen) atoms. The van der Waals surface area contributed by atoms with Crippen LogP contribution in [0, 0.1) is 17.8 Å². The van der Waals surface area contributed by atoms with Gasteiger partial charge in [-0.2, -0.15) is 12.6 Å². The second-order valence-corrected chi connectivity index (χ2v) is 5.53. The van der Waals surface area contributed by atoms with E-state index < -0.39 is 0 Å². The molecule has 1 nitrogen and oxygen atoms in total. The first-order chi connectivity index (χ1) is 6.63. The number of piperidine rings is 1. The van der Waals surface area contributed by atoms with Gasteiger partial charge in [-0.1, -0.05) is 20.8 Å². The first-order valence-corrected chi connectivity index (χ1v) is 6.60. The lowest BCUT2D eigenvalue weighted by Gasteiger charge is -2.35. The van der Waals surface area contributed by atoms with Crippen LogP contribution >= 0.6 is 12.6 Å². The van der Waals surface area contributed by atoms with E-state index in [0.29, 0.717) is 0 Å². The minimum Gasteiger partial charge on any atom is -0.303 e. The van der Waals surface area contributed by atoms with E-state index >= 15 is 0 Å². The predicted molar refractivity (Wildman–Crippen MR) is 67.0 cm³/mol. The summed E-state index contributed by atoms with van der Waals surface area (Å²) in [5, 5.41) is 0. The SMILES string of the molecule is CC(CS)CN1CCC(C(C)C)CC1. The highest BCUT2D eigenvalue weighted by Gasteiger charge is 2.21. The van der Waals surface area contributed by atoms with Gasteiger partial charge in [0.25, 0.3) is 0 Å². The Hall–Kier alpha value is 0.310. The molecule has 1 rings (SSSR count). The fraction of sp³-hybridized carbons (Fsp3) is 1.00. The van der Waals surface area contributed by atoms with Crippen molar-refractivity contribution in [3.05, 3.63) is 0 Å². The van der Waals surface area contributed by atoms with Gasteiger partial charge in [0.15, 0.2) is 0 Å². The highest BCUT2D eigenvalue weighted by molar-refractivity contribution is 7.80. The van der Waals surface area contributed by atoms with Gasteiger partial charge in [0.1, 0.15) is 0 Å². The number of hydrogen-bond acceptors (Lipinski definition) is 2. The van der Waals surface area contributed by atoms with Gasteiger partial charge in [-0.3, -0.25) is 0 Å². The summed E-state index contributed by atoms with van der Waals surface area (Å²) >= 11 is 4.34. The molecule has 1 fully saturated rings. The molecule has 0 N–H and O–H groups in total. The average Bonchev–Trinajstić information content (AvgIpc) is 2.18. The van der Waals surface area contributed by atoms with Gasteiger partial charge in [0.2, 0.25) is 0 Å². The van der Waals surface area contributed by atoms with Crippen molar-refractivity contribution in [1.82, 2.24) is 4.90 Å². The molecule has 1 atom stereocenters. The minimum absolute atomic E-state index is 0.744. The van der Waals surface area contributed by atoms with Crippen molar-refractivity contribution in [2.75, 3.05) is 25.4 Å². The smallest absolute Gasteiger partial charge is 0.00148 e. The summed E-state index contributed by atoms with van der Waals surface area (Å²) in [5.41, 5.74) is 0. The quantitative estimate of drug-likeness (QED) is 0.706. The van der Waals surface area contributed by atoms with Crippen LogP contribution in [0.4, 0.5) is 0 Å². The molecule has 0 aromatic heterocycles. The number of nitrogens with zero attached hydrogens (tertiary/aromatic N) is 1. The van der Waals surface area contributed by atoms with Crippen LogP contribution in [0.25, 0.3) is 0 Å². The maximum atomic E-state index is 4.34. The third kappa shape index (κ3) is 3.82. The van der Waals surface area contributed by atoms with E-state index in [1.165, 1.54) is 32.5 Å². The zero-order valence-electron chi connectivity index (χ0n) is 9.87. The average molecular weight is 215 g/mol. The molecule has 0 aliphatic carbocycles. The van der Waals surface area contributed by atoms with Crippen molar-refractivity contribution in [2.24, 2.45) is 17.8 Å². The van der Waals surface area contributed by atoms with E-state index in [1.54, 1.807) is 0 Å². The van der Waals surface area contributed by atoms with Crippen LogP contribution in [0.2, 0.25) is 0 Å². The summed E-state index contributed by atoms with van der Waals surface area (Å²) in [6.07, 6.45) is 2.80. The molecular formula is C12H25NS. The fourth-order valence-corrected chi connectivity index (χ4v) is 2.42. The summed E-state index contributed by atoms with van der Waals surface area (Å²) in [4.78, 5) is 2.61. The van der Waals surface area contributed by atoms with E-state index in [4.69, 9.17) is 0 Å². The van der Waals surface area contributed by atoms with Gasteiger partial charge < -0.3 is 4.90 Å². The molecule has 1 aliphatic rings. The van der Waals surface area contributed by atoms with Gasteiger partial charge in [0.05, 0.1) is 0 Å². The molecule has 0 amide bonds. The summed E-state index contributed by atoms with van der Waals surface area (Å²) in [6, 6.07) is 0. The Morgan fingerprint density at radius 3 is 2.21 bits per heavy atom. The molecule has 0 bridgehead atoms. The van der Waals surface area contributed by atoms with Crippen LogP contribution in [0.3, 0.4) is 0 Å². The van der Waals surface area contributed by atoms with Crippen molar-refractivity contribution in [1.29, 1.82) is 0 Å². The maximum absolute atomic E-state index is 4.34. The summed E-state index contributed by atoms with van der Waals surface area (Å²) in [5.74, 6) is 3.61. The Balaban J connectivity index is 2.22. The van der Waals surface area contributed by atoms with Crippen LogP contribution in [-0.2, 0) is 0 Å². The van der Waals surface area contributed by atoms with Gasteiger partial charge in [-0.25, -0.2) is 0 Å². The fourth-order valence-electron chi connectivity index (χ4n) is 2.30. The third-order valence-electron chi connectivity index (χ3n) is 3.46. The highest BCUT2D eigenvalue weighted by atomic mass is 32.1. The molecule has 0 saturated carbocycles. The van der Waals surface area contributed by atoms with Gasteiger partial charge >= 0.3 is 0 Å². The summed E-state index contributed by atoms with van der Waals surface area (Å²) < 4.78 is 0. The Morgan fingerprint density at radius 1 is 1.21 bits per heavy atom. The Labute approximate surface area is 94.7 Å². The normalized spacial score (nSPS) is 22.9. The number of likely N-dealkylation sites (tertiary alicyclic amines) is 1. The Morgan fingerprint density at radius 2 is 1.79 bits per heavy atom. The van der Waals surface area contributed by atoms with Crippen LogP contribution in [-0.4, -0.2) is 30.3 Å². The number of hydrogen-bond donors (Lipinski definition) is 1.